The van der Waals surface area contributed by atoms with Gasteiger partial charge in [-0.25, -0.2) is 0 Å². The van der Waals surface area contributed by atoms with Gasteiger partial charge < -0.3 is 9.88 Å². The topological polar surface area (TPSA) is 34.8 Å². The van der Waals surface area contributed by atoms with Gasteiger partial charge in [-0.2, -0.15) is 5.10 Å². The van der Waals surface area contributed by atoms with E-state index >= 15 is 0 Å². The van der Waals surface area contributed by atoms with E-state index in [1.54, 1.807) is 0 Å². The highest BCUT2D eigenvalue weighted by Gasteiger charge is 2.13. The van der Waals surface area contributed by atoms with Gasteiger partial charge in [-0.15, -0.1) is 0 Å². The Kier molecular flexibility index (Phi) is 4.66. The molecule has 0 unspecified atom stereocenters. The van der Waals surface area contributed by atoms with E-state index in [1.807, 2.05) is 11.6 Å². The second-order valence-electron chi connectivity index (χ2n) is 4.57. The van der Waals surface area contributed by atoms with Crippen molar-refractivity contribution in [3.8, 4) is 0 Å². The minimum absolute atomic E-state index is 0.765. The van der Waals surface area contributed by atoms with Crippen LogP contribution in [0, 0.1) is 6.92 Å². The number of rotatable bonds is 6. The molecule has 1 N–H and O–H groups in total. The third-order valence-corrected chi connectivity index (χ3v) is 3.74. The highest BCUT2D eigenvalue weighted by molar-refractivity contribution is 6.31. The molecule has 2 aromatic rings. The molecule has 5 heteroatoms. The third kappa shape index (κ3) is 3.01. The van der Waals surface area contributed by atoms with E-state index in [9.17, 15) is 0 Å². The van der Waals surface area contributed by atoms with Gasteiger partial charge in [0.2, 0.25) is 0 Å². The Labute approximate surface area is 119 Å². The lowest BCUT2D eigenvalue weighted by atomic mass is 10.3. The number of halogens is 1. The van der Waals surface area contributed by atoms with Gasteiger partial charge in [0.25, 0.3) is 0 Å². The zero-order valence-electron chi connectivity index (χ0n) is 11.8. The molecule has 0 atom stereocenters. The second kappa shape index (κ2) is 6.26. The van der Waals surface area contributed by atoms with Gasteiger partial charge in [0.05, 0.1) is 23.0 Å². The van der Waals surface area contributed by atoms with Crippen molar-refractivity contribution < 1.29 is 0 Å². The first-order valence-electron chi connectivity index (χ1n) is 6.73. The van der Waals surface area contributed by atoms with Gasteiger partial charge >= 0.3 is 0 Å². The maximum atomic E-state index is 6.35. The molecule has 0 fully saturated rings. The zero-order chi connectivity index (χ0) is 13.8. The van der Waals surface area contributed by atoms with Gasteiger partial charge in [-0.05, 0) is 32.5 Å². The lowest BCUT2D eigenvalue weighted by Crippen LogP contribution is -2.16. The van der Waals surface area contributed by atoms with Gasteiger partial charge in [0, 0.05) is 25.0 Å². The molecule has 0 saturated carbocycles. The van der Waals surface area contributed by atoms with Crippen molar-refractivity contribution in [3.05, 3.63) is 40.4 Å². The highest BCUT2D eigenvalue weighted by atomic mass is 35.5. The molecule has 19 heavy (non-hydrogen) atoms. The SMILES string of the molecule is CCNCc1cccn1Cc1c(Cl)c(C)nn1CC. The molecule has 0 aliphatic carbocycles. The summed E-state index contributed by atoms with van der Waals surface area (Å²) in [4.78, 5) is 0. The molecule has 0 aliphatic heterocycles. The first-order chi connectivity index (χ1) is 9.17. The number of aryl methyl sites for hydroxylation is 2. The van der Waals surface area contributed by atoms with Crippen molar-refractivity contribution in [1.29, 1.82) is 0 Å². The van der Waals surface area contributed by atoms with Gasteiger partial charge in [-0.3, -0.25) is 4.68 Å². The molecule has 2 rings (SSSR count). The molecule has 2 heterocycles. The van der Waals surface area contributed by atoms with Crippen LogP contribution in [0.15, 0.2) is 18.3 Å². The zero-order valence-corrected chi connectivity index (χ0v) is 12.5. The first-order valence-corrected chi connectivity index (χ1v) is 7.11. The molecular weight excluding hydrogens is 260 g/mol. The van der Waals surface area contributed by atoms with Gasteiger partial charge in [-0.1, -0.05) is 18.5 Å². The summed E-state index contributed by atoms with van der Waals surface area (Å²) in [5.74, 6) is 0. The van der Waals surface area contributed by atoms with E-state index in [2.05, 4.69) is 47.2 Å². The normalized spacial score (nSPS) is 11.2. The summed E-state index contributed by atoms with van der Waals surface area (Å²) < 4.78 is 4.20. The van der Waals surface area contributed by atoms with E-state index in [0.29, 0.717) is 0 Å². The van der Waals surface area contributed by atoms with E-state index in [4.69, 9.17) is 11.6 Å². The number of aromatic nitrogens is 3. The standard InChI is InChI=1S/C14H21ClN4/c1-4-16-9-12-7-6-8-18(12)10-13-14(15)11(3)17-19(13)5-2/h6-8,16H,4-5,9-10H2,1-3H3. The molecule has 4 nitrogen and oxygen atoms in total. The summed E-state index contributed by atoms with van der Waals surface area (Å²) in [6.07, 6.45) is 2.09. The molecule has 2 aromatic heterocycles. The molecule has 0 radical (unpaired) electrons. The van der Waals surface area contributed by atoms with Crippen molar-refractivity contribution in [2.45, 2.75) is 40.4 Å². The van der Waals surface area contributed by atoms with Crippen molar-refractivity contribution >= 4 is 11.6 Å². The fourth-order valence-electron chi connectivity index (χ4n) is 2.20. The Bertz CT molecular complexity index is 542. The number of hydrogen-bond acceptors (Lipinski definition) is 2. The van der Waals surface area contributed by atoms with Crippen molar-refractivity contribution in [2.75, 3.05) is 6.54 Å². The summed E-state index contributed by atoms with van der Waals surface area (Å²) in [7, 11) is 0. The highest BCUT2D eigenvalue weighted by Crippen LogP contribution is 2.21. The summed E-state index contributed by atoms with van der Waals surface area (Å²) in [5, 5.41) is 8.59. The van der Waals surface area contributed by atoms with E-state index in [1.165, 1.54) is 5.69 Å². The van der Waals surface area contributed by atoms with Crippen molar-refractivity contribution in [1.82, 2.24) is 19.7 Å². The predicted octanol–water partition coefficient (Wildman–Crippen LogP) is 2.82. The van der Waals surface area contributed by atoms with Crippen molar-refractivity contribution in [2.24, 2.45) is 0 Å². The van der Waals surface area contributed by atoms with Crippen LogP contribution in [0.2, 0.25) is 5.02 Å². The van der Waals surface area contributed by atoms with E-state index in [0.717, 1.165) is 42.6 Å². The average molecular weight is 281 g/mol. The van der Waals surface area contributed by atoms with E-state index < -0.39 is 0 Å². The predicted molar refractivity (Wildman–Crippen MR) is 78.6 cm³/mol. The summed E-state index contributed by atoms with van der Waals surface area (Å²) in [5.41, 5.74) is 3.24. The molecule has 0 bridgehead atoms. The van der Waals surface area contributed by atoms with Crippen LogP contribution in [-0.4, -0.2) is 20.9 Å². The Hall–Kier alpha value is -1.26. The number of nitrogens with zero attached hydrogens (tertiary/aromatic N) is 3. The first kappa shape index (κ1) is 14.2. The van der Waals surface area contributed by atoms with Crippen LogP contribution in [0.5, 0.6) is 0 Å². The van der Waals surface area contributed by atoms with Crippen molar-refractivity contribution in [3.63, 3.8) is 0 Å². The smallest absolute Gasteiger partial charge is 0.0865 e. The minimum atomic E-state index is 0.765. The van der Waals surface area contributed by atoms with Crippen LogP contribution in [-0.2, 0) is 19.6 Å². The van der Waals surface area contributed by atoms with Crippen LogP contribution in [0.4, 0.5) is 0 Å². The minimum Gasteiger partial charge on any atom is -0.344 e. The number of nitrogens with one attached hydrogen (secondary N) is 1. The Balaban J connectivity index is 2.24. The van der Waals surface area contributed by atoms with E-state index in [-0.39, 0.29) is 0 Å². The lowest BCUT2D eigenvalue weighted by Gasteiger charge is -2.11. The molecule has 0 aromatic carbocycles. The number of hydrogen-bond donors (Lipinski definition) is 1. The van der Waals surface area contributed by atoms with Crippen LogP contribution in [0.25, 0.3) is 0 Å². The third-order valence-electron chi connectivity index (χ3n) is 3.25. The lowest BCUT2D eigenvalue weighted by molar-refractivity contribution is 0.583. The van der Waals surface area contributed by atoms with Crippen LogP contribution in [0.3, 0.4) is 0 Å². The Morgan fingerprint density at radius 3 is 2.84 bits per heavy atom. The summed E-state index contributed by atoms with van der Waals surface area (Å²) in [6, 6.07) is 4.20. The fourth-order valence-corrected chi connectivity index (χ4v) is 2.39. The molecular formula is C14H21ClN4. The summed E-state index contributed by atoms with van der Waals surface area (Å²) in [6.45, 7) is 9.60. The maximum absolute atomic E-state index is 6.35. The second-order valence-corrected chi connectivity index (χ2v) is 4.95. The average Bonchev–Trinajstić information content (AvgIpc) is 2.96. The molecule has 0 spiro atoms. The molecule has 0 amide bonds. The summed E-state index contributed by atoms with van der Waals surface area (Å²) >= 11 is 6.35. The fraction of sp³-hybridized carbons (Fsp3) is 0.500. The monoisotopic (exact) mass is 280 g/mol. The van der Waals surface area contributed by atoms with Crippen LogP contribution < -0.4 is 5.32 Å². The quantitative estimate of drug-likeness (QED) is 0.883. The van der Waals surface area contributed by atoms with Gasteiger partial charge in [0.15, 0.2) is 0 Å². The van der Waals surface area contributed by atoms with Crippen LogP contribution in [0.1, 0.15) is 30.9 Å². The molecule has 104 valence electrons. The Morgan fingerprint density at radius 1 is 1.37 bits per heavy atom. The molecule has 0 aliphatic rings. The molecule has 0 saturated heterocycles. The van der Waals surface area contributed by atoms with Crippen LogP contribution >= 0.6 is 11.6 Å². The Morgan fingerprint density at radius 2 is 2.16 bits per heavy atom. The largest absolute Gasteiger partial charge is 0.344 e. The maximum Gasteiger partial charge on any atom is 0.0865 e. The van der Waals surface area contributed by atoms with Gasteiger partial charge in [0.1, 0.15) is 0 Å².